The fraction of sp³-hybridized carbons (Fsp3) is 0.231. The average Bonchev–Trinajstić information content (AvgIpc) is 2.85. The molecule has 0 fully saturated rings. The van der Waals surface area contributed by atoms with Crippen molar-refractivity contribution in [3.8, 4) is 11.3 Å². The Morgan fingerprint density at radius 3 is 2.51 bits per heavy atom. The van der Waals surface area contributed by atoms with Gasteiger partial charge < -0.3 is 10.6 Å². The van der Waals surface area contributed by atoms with Crippen LogP contribution in [0.25, 0.3) is 22.2 Å². The molecule has 2 aromatic heterocycles. The zero-order valence-corrected chi connectivity index (χ0v) is 20.3. The largest absolute Gasteiger partial charge is 0.383 e. The first-order valence-electron chi connectivity index (χ1n) is 11.5. The van der Waals surface area contributed by atoms with E-state index in [0.717, 1.165) is 12.0 Å². The van der Waals surface area contributed by atoms with Crippen LogP contribution in [0, 0.1) is 0 Å². The highest BCUT2D eigenvalue weighted by atomic mass is 35.5. The summed E-state index contributed by atoms with van der Waals surface area (Å²) in [5.41, 5.74) is 7.35. The number of nitrogens with two attached hydrogens (primary N) is 1. The van der Waals surface area contributed by atoms with Crippen molar-refractivity contribution >= 4 is 39.9 Å². The molecule has 4 rings (SSSR count). The quantitative estimate of drug-likeness (QED) is 0.396. The van der Waals surface area contributed by atoms with Crippen LogP contribution in [-0.2, 0) is 6.54 Å². The summed E-state index contributed by atoms with van der Waals surface area (Å²) < 4.78 is 1.31. The molecule has 2 aromatic carbocycles. The number of unbranched alkanes of at least 4 members (excludes halogenated alkanes) is 1. The van der Waals surface area contributed by atoms with Gasteiger partial charge in [-0.25, -0.2) is 9.78 Å². The minimum absolute atomic E-state index is 0.0290. The summed E-state index contributed by atoms with van der Waals surface area (Å²) in [4.78, 5) is 47.5. The fourth-order valence-electron chi connectivity index (χ4n) is 4.05. The van der Waals surface area contributed by atoms with E-state index in [-0.39, 0.29) is 18.1 Å². The van der Waals surface area contributed by atoms with E-state index < -0.39 is 17.2 Å². The van der Waals surface area contributed by atoms with Gasteiger partial charge in [-0.2, -0.15) is 0 Å². The van der Waals surface area contributed by atoms with E-state index in [1.54, 1.807) is 25.1 Å². The topological polar surface area (TPSA) is 114 Å². The van der Waals surface area contributed by atoms with Crippen LogP contribution in [0.15, 0.2) is 64.2 Å². The summed E-state index contributed by atoms with van der Waals surface area (Å²) >= 11 is 6.04. The van der Waals surface area contributed by atoms with Gasteiger partial charge in [-0.1, -0.05) is 55.3 Å². The molecule has 180 valence electrons. The molecule has 0 bridgehead atoms. The standard InChI is InChI=1S/C26H26ClN5O3/c1-3-5-14-32-23(28)22(24(33)30-26(32)35)31(4-2)25(34)19-15-21(16-10-12-17(27)13-11-16)29-20-9-7-6-8-18(19)20/h6-13,15H,3-5,14,28H2,1-2H3,(H,30,33,35). The number of H-pyrrole nitrogens is 1. The number of carbonyl (C=O) groups excluding carboxylic acids is 1. The molecule has 9 heteroatoms. The number of para-hydroxylation sites is 1. The molecule has 1 amide bonds. The van der Waals surface area contributed by atoms with Crippen molar-refractivity contribution in [1.29, 1.82) is 0 Å². The van der Waals surface area contributed by atoms with E-state index in [9.17, 15) is 14.4 Å². The number of hydrogen-bond acceptors (Lipinski definition) is 5. The van der Waals surface area contributed by atoms with Crippen molar-refractivity contribution < 1.29 is 4.79 Å². The number of carbonyl (C=O) groups is 1. The van der Waals surface area contributed by atoms with Crippen LogP contribution in [0.3, 0.4) is 0 Å². The molecule has 0 unspecified atom stereocenters. The number of hydrogen-bond donors (Lipinski definition) is 2. The van der Waals surface area contributed by atoms with E-state index in [4.69, 9.17) is 22.3 Å². The Bertz CT molecular complexity index is 1510. The highest BCUT2D eigenvalue weighted by molar-refractivity contribution is 6.30. The maximum absolute atomic E-state index is 13.9. The number of halogens is 1. The SMILES string of the molecule is CCCCn1c(N)c(N(CC)C(=O)c2cc(-c3ccc(Cl)cc3)nc3ccccc23)c(=O)[nH]c1=O. The number of fused-ring (bicyclic) bond motifs is 1. The number of nitrogen functional groups attached to an aromatic ring is 1. The number of anilines is 2. The molecule has 3 N–H and O–H groups in total. The number of nitrogens with zero attached hydrogens (tertiary/aromatic N) is 3. The monoisotopic (exact) mass is 491 g/mol. The van der Waals surface area contributed by atoms with Gasteiger partial charge in [0, 0.05) is 29.1 Å². The highest BCUT2D eigenvalue weighted by Gasteiger charge is 2.26. The highest BCUT2D eigenvalue weighted by Crippen LogP contribution is 2.28. The third-order valence-electron chi connectivity index (χ3n) is 5.87. The summed E-state index contributed by atoms with van der Waals surface area (Å²) in [7, 11) is 0. The zero-order valence-electron chi connectivity index (χ0n) is 19.5. The molecule has 0 spiro atoms. The van der Waals surface area contributed by atoms with Gasteiger partial charge in [0.1, 0.15) is 5.82 Å². The summed E-state index contributed by atoms with van der Waals surface area (Å²) in [6, 6.07) is 16.2. The Morgan fingerprint density at radius 2 is 1.83 bits per heavy atom. The molecule has 0 aliphatic heterocycles. The Kier molecular flexibility index (Phi) is 7.02. The van der Waals surface area contributed by atoms with Crippen molar-refractivity contribution in [2.45, 2.75) is 33.2 Å². The van der Waals surface area contributed by atoms with E-state index in [2.05, 4.69) is 4.98 Å². The molecule has 0 atom stereocenters. The van der Waals surface area contributed by atoms with Crippen LogP contribution in [0.1, 0.15) is 37.0 Å². The van der Waals surface area contributed by atoms with Crippen molar-refractivity contribution in [2.75, 3.05) is 17.2 Å². The van der Waals surface area contributed by atoms with Gasteiger partial charge in [0.05, 0.1) is 16.8 Å². The molecule has 0 saturated carbocycles. The Balaban J connectivity index is 1.89. The van der Waals surface area contributed by atoms with Gasteiger partial charge in [-0.15, -0.1) is 0 Å². The summed E-state index contributed by atoms with van der Waals surface area (Å²) in [6.45, 7) is 4.25. The second kappa shape index (κ2) is 10.1. The third kappa shape index (κ3) is 4.70. The van der Waals surface area contributed by atoms with E-state index in [0.29, 0.717) is 40.1 Å². The number of rotatable bonds is 7. The first-order chi connectivity index (χ1) is 16.8. The number of amides is 1. The maximum atomic E-state index is 13.9. The molecular weight excluding hydrogens is 466 g/mol. The van der Waals surface area contributed by atoms with Crippen LogP contribution >= 0.6 is 11.6 Å². The Hall–Kier alpha value is -3.91. The lowest BCUT2D eigenvalue weighted by Crippen LogP contribution is -2.41. The minimum atomic E-state index is -0.702. The summed E-state index contributed by atoms with van der Waals surface area (Å²) in [5.74, 6) is -0.446. The average molecular weight is 492 g/mol. The van der Waals surface area contributed by atoms with E-state index >= 15 is 0 Å². The van der Waals surface area contributed by atoms with Crippen LogP contribution in [0.5, 0.6) is 0 Å². The lowest BCUT2D eigenvalue weighted by molar-refractivity contribution is 0.0989. The lowest BCUT2D eigenvalue weighted by Gasteiger charge is -2.24. The zero-order chi connectivity index (χ0) is 25.1. The molecule has 4 aromatic rings. The smallest absolute Gasteiger partial charge is 0.330 e. The minimum Gasteiger partial charge on any atom is -0.383 e. The molecule has 0 radical (unpaired) electrons. The van der Waals surface area contributed by atoms with Crippen molar-refractivity contribution in [2.24, 2.45) is 0 Å². The molecule has 0 aliphatic rings. The van der Waals surface area contributed by atoms with Crippen LogP contribution in [0.4, 0.5) is 11.5 Å². The maximum Gasteiger partial charge on any atom is 0.330 e. The van der Waals surface area contributed by atoms with Gasteiger partial charge in [0.25, 0.3) is 11.5 Å². The number of pyridine rings is 1. The number of nitrogens with one attached hydrogen (secondary N) is 1. The Morgan fingerprint density at radius 1 is 1.11 bits per heavy atom. The molecule has 8 nitrogen and oxygen atoms in total. The van der Waals surface area contributed by atoms with Gasteiger partial charge in [-0.05, 0) is 37.6 Å². The summed E-state index contributed by atoms with van der Waals surface area (Å²) in [6.07, 6.45) is 1.54. The van der Waals surface area contributed by atoms with Gasteiger partial charge in [0.2, 0.25) is 0 Å². The first kappa shape index (κ1) is 24.2. The molecule has 0 saturated heterocycles. The van der Waals surface area contributed by atoms with E-state index in [1.165, 1.54) is 9.47 Å². The first-order valence-corrected chi connectivity index (χ1v) is 11.8. The predicted octanol–water partition coefficient (Wildman–Crippen LogP) is 4.45. The van der Waals surface area contributed by atoms with Gasteiger partial charge >= 0.3 is 5.69 Å². The normalized spacial score (nSPS) is 11.1. The van der Waals surface area contributed by atoms with Crippen LogP contribution in [-0.4, -0.2) is 27.0 Å². The van der Waals surface area contributed by atoms with Crippen molar-refractivity contribution in [3.05, 3.63) is 86.0 Å². The molecule has 35 heavy (non-hydrogen) atoms. The Labute approximate surface area is 207 Å². The lowest BCUT2D eigenvalue weighted by atomic mass is 10.0. The van der Waals surface area contributed by atoms with Crippen molar-refractivity contribution in [3.63, 3.8) is 0 Å². The van der Waals surface area contributed by atoms with Crippen LogP contribution in [0.2, 0.25) is 5.02 Å². The summed E-state index contributed by atoms with van der Waals surface area (Å²) in [5, 5.41) is 1.24. The molecular formula is C26H26ClN5O3. The number of benzene rings is 2. The van der Waals surface area contributed by atoms with Gasteiger partial charge in [0.15, 0.2) is 5.69 Å². The van der Waals surface area contributed by atoms with E-state index in [1.807, 2.05) is 43.3 Å². The molecule has 0 aliphatic carbocycles. The fourth-order valence-corrected chi connectivity index (χ4v) is 4.17. The second-order valence-electron chi connectivity index (χ2n) is 8.13. The second-order valence-corrected chi connectivity index (χ2v) is 8.56. The predicted molar refractivity (Wildman–Crippen MR) is 140 cm³/mol. The third-order valence-corrected chi connectivity index (χ3v) is 6.12. The number of aromatic amines is 1. The number of aromatic nitrogens is 3. The van der Waals surface area contributed by atoms with Crippen molar-refractivity contribution in [1.82, 2.24) is 14.5 Å². The van der Waals surface area contributed by atoms with Crippen LogP contribution < -0.4 is 21.9 Å². The molecule has 2 heterocycles. The van der Waals surface area contributed by atoms with Gasteiger partial charge in [-0.3, -0.25) is 19.1 Å².